The average molecular weight is 438 g/mol. The van der Waals surface area contributed by atoms with Gasteiger partial charge >= 0.3 is 0 Å². The molecular weight excluding hydrogens is 401 g/mol. The Morgan fingerprint density at radius 3 is 2.88 bits per heavy atom. The lowest BCUT2D eigenvalue weighted by Crippen LogP contribution is -2.56. The smallest absolute Gasteiger partial charge is 0.157 e. The van der Waals surface area contributed by atoms with E-state index in [0.29, 0.717) is 30.1 Å². The number of hydrogen-bond donors (Lipinski definition) is 0. The van der Waals surface area contributed by atoms with Crippen LogP contribution in [0.25, 0.3) is 10.9 Å². The molecule has 2 heterocycles. The second-order valence-corrected chi connectivity index (χ2v) is 11.9. The van der Waals surface area contributed by atoms with Gasteiger partial charge in [-0.05, 0) is 98.9 Å². The Kier molecular flexibility index (Phi) is 4.79. The van der Waals surface area contributed by atoms with E-state index in [0.717, 1.165) is 62.3 Å². The monoisotopic (exact) mass is 437 g/mol. The molecule has 0 radical (unpaired) electrons. The zero-order valence-electron chi connectivity index (χ0n) is 19.5. The summed E-state index contributed by atoms with van der Waals surface area (Å²) in [5, 5.41) is 5.56. The van der Waals surface area contributed by atoms with Gasteiger partial charge in [0.15, 0.2) is 5.78 Å². The summed E-state index contributed by atoms with van der Waals surface area (Å²) in [7, 11) is 0. The van der Waals surface area contributed by atoms with Crippen molar-refractivity contribution < 1.29 is 9.18 Å². The fourth-order valence-corrected chi connectivity index (χ4v) is 8.79. The van der Waals surface area contributed by atoms with Crippen LogP contribution in [0.15, 0.2) is 24.7 Å². The molecule has 4 nitrogen and oxygen atoms in total. The Morgan fingerprint density at radius 1 is 1.16 bits per heavy atom. The largest absolute Gasteiger partial charge is 0.297 e. The van der Waals surface area contributed by atoms with Gasteiger partial charge in [0.2, 0.25) is 0 Å². The quantitative estimate of drug-likeness (QED) is 0.592. The van der Waals surface area contributed by atoms with Crippen molar-refractivity contribution in [2.24, 2.45) is 40.9 Å². The second kappa shape index (κ2) is 7.36. The maximum Gasteiger partial charge on any atom is 0.157 e. The number of fused-ring (bicyclic) bond motifs is 6. The summed E-state index contributed by atoms with van der Waals surface area (Å²) >= 11 is 0. The molecule has 4 aliphatic carbocycles. The van der Waals surface area contributed by atoms with Crippen LogP contribution >= 0.6 is 0 Å². The molecule has 6 rings (SSSR count). The molecule has 4 fully saturated rings. The van der Waals surface area contributed by atoms with Gasteiger partial charge in [-0.1, -0.05) is 13.8 Å². The highest BCUT2D eigenvalue weighted by Crippen LogP contribution is 2.66. The van der Waals surface area contributed by atoms with Crippen LogP contribution in [0, 0.1) is 40.9 Å². The van der Waals surface area contributed by atoms with E-state index in [-0.39, 0.29) is 23.2 Å². The number of alkyl halides is 1. The molecule has 2 aromatic rings. The van der Waals surface area contributed by atoms with E-state index in [1.807, 2.05) is 12.3 Å². The van der Waals surface area contributed by atoms with Gasteiger partial charge in [-0.25, -0.2) is 4.39 Å². The number of nitrogens with zero attached hydrogens (tertiary/aromatic N) is 3. The maximum atomic E-state index is 16.5. The van der Waals surface area contributed by atoms with Crippen LogP contribution in [0.3, 0.4) is 0 Å². The first kappa shape index (κ1) is 20.8. The molecule has 0 saturated heterocycles. The van der Waals surface area contributed by atoms with Crippen LogP contribution in [-0.2, 0) is 11.3 Å². The first-order valence-electron chi connectivity index (χ1n) is 12.9. The predicted molar refractivity (Wildman–Crippen MR) is 123 cm³/mol. The Morgan fingerprint density at radius 2 is 2.03 bits per heavy atom. The fraction of sp³-hybridized carbons (Fsp3) is 0.741. The summed E-state index contributed by atoms with van der Waals surface area (Å²) in [6.07, 6.45) is 14.6. The average Bonchev–Trinajstić information content (AvgIpc) is 3.34. The topological polar surface area (TPSA) is 47.8 Å². The van der Waals surface area contributed by atoms with E-state index < -0.39 is 5.67 Å². The maximum absolute atomic E-state index is 16.5. The lowest BCUT2D eigenvalue weighted by atomic mass is 9.48. The van der Waals surface area contributed by atoms with Crippen molar-refractivity contribution in [3.8, 4) is 0 Å². The molecule has 1 unspecified atom stereocenters. The molecule has 4 saturated carbocycles. The molecule has 8 atom stereocenters. The minimum atomic E-state index is -0.942. The van der Waals surface area contributed by atoms with Crippen molar-refractivity contribution in [1.29, 1.82) is 0 Å². The number of carbonyl (C=O) groups excluding carboxylic acids is 1. The Hall–Kier alpha value is -1.78. The highest BCUT2D eigenvalue weighted by atomic mass is 19.1. The third kappa shape index (κ3) is 3.02. The zero-order chi connectivity index (χ0) is 22.1. The van der Waals surface area contributed by atoms with Crippen molar-refractivity contribution in [2.45, 2.75) is 83.8 Å². The number of ketones is 1. The summed E-state index contributed by atoms with van der Waals surface area (Å²) < 4.78 is 18.3. The van der Waals surface area contributed by atoms with E-state index in [2.05, 4.69) is 23.9 Å². The first-order chi connectivity index (χ1) is 15.4. The molecule has 0 spiro atoms. The van der Waals surface area contributed by atoms with Crippen LogP contribution < -0.4 is 0 Å². The molecule has 0 amide bonds. The highest BCUT2D eigenvalue weighted by molar-refractivity contribution is 5.83. The van der Waals surface area contributed by atoms with E-state index in [1.165, 1.54) is 6.42 Å². The molecule has 4 aliphatic rings. The standard InChI is InChI=1S/C27H36FN3O/c1-17-7-11-27(28)19(13-17)3-4-20-21-5-6-23(26(21,2)10-8-22(20)27)25(32)16-31-15-18-14-29-12-9-24(18)30-31/h9,12,14-15,17,19-23H,3-8,10-11,13,16H2,1-2H3/t17-,19+,20-,21?,22-,23+,26-,27+/m0/s1. The molecule has 0 N–H and O–H groups in total. The first-order valence-corrected chi connectivity index (χ1v) is 12.9. The Labute approximate surface area is 190 Å². The molecule has 0 bridgehead atoms. The fourth-order valence-electron chi connectivity index (χ4n) is 8.79. The Bertz CT molecular complexity index is 1000. The van der Waals surface area contributed by atoms with Crippen LogP contribution in [0.4, 0.5) is 4.39 Å². The third-order valence-electron chi connectivity index (χ3n) is 10.3. The van der Waals surface area contributed by atoms with Crippen molar-refractivity contribution in [3.05, 3.63) is 24.7 Å². The molecule has 2 aromatic heterocycles. The van der Waals surface area contributed by atoms with Crippen molar-refractivity contribution in [1.82, 2.24) is 14.8 Å². The summed E-state index contributed by atoms with van der Waals surface area (Å²) in [4.78, 5) is 17.6. The van der Waals surface area contributed by atoms with Gasteiger partial charge in [-0.3, -0.25) is 14.5 Å². The SMILES string of the molecule is C[C@H]1CC[C@@]2(F)[C@H](CC[C@H]3C4CC[C@H](C(=O)Cn5cc6cnccc6n5)[C@@]4(C)CC[C@@H]32)C1. The lowest BCUT2D eigenvalue weighted by Gasteiger charge is -2.58. The van der Waals surface area contributed by atoms with Crippen LogP contribution in [0.1, 0.15) is 71.6 Å². The predicted octanol–water partition coefficient (Wildman–Crippen LogP) is 6.00. The number of hydrogen-bond acceptors (Lipinski definition) is 3. The lowest BCUT2D eigenvalue weighted by molar-refractivity contribution is -0.146. The number of halogens is 1. The van der Waals surface area contributed by atoms with Gasteiger partial charge in [0, 0.05) is 29.9 Å². The van der Waals surface area contributed by atoms with E-state index in [1.54, 1.807) is 17.1 Å². The third-order valence-corrected chi connectivity index (χ3v) is 10.3. The number of rotatable bonds is 3. The van der Waals surface area contributed by atoms with Gasteiger partial charge < -0.3 is 0 Å². The second-order valence-electron chi connectivity index (χ2n) is 11.9. The number of pyridine rings is 1. The minimum absolute atomic E-state index is 0.0253. The summed E-state index contributed by atoms with van der Waals surface area (Å²) in [6, 6.07) is 1.89. The van der Waals surface area contributed by atoms with E-state index >= 15 is 4.39 Å². The van der Waals surface area contributed by atoms with Crippen molar-refractivity contribution in [3.63, 3.8) is 0 Å². The summed E-state index contributed by atoms with van der Waals surface area (Å²) in [5.74, 6) is 2.55. The van der Waals surface area contributed by atoms with Crippen LogP contribution in [0.5, 0.6) is 0 Å². The van der Waals surface area contributed by atoms with Gasteiger partial charge in [-0.15, -0.1) is 0 Å². The van der Waals surface area contributed by atoms with E-state index in [9.17, 15) is 4.79 Å². The number of Topliss-reactive ketones (excluding diaryl/α,β-unsaturated/α-hetero) is 1. The van der Waals surface area contributed by atoms with Crippen LogP contribution in [-0.4, -0.2) is 26.2 Å². The van der Waals surface area contributed by atoms with Crippen molar-refractivity contribution in [2.75, 3.05) is 0 Å². The summed E-state index contributed by atoms with van der Waals surface area (Å²) in [6.45, 7) is 4.99. The number of carbonyl (C=O) groups is 1. The summed E-state index contributed by atoms with van der Waals surface area (Å²) in [5.41, 5.74) is -0.0322. The van der Waals surface area contributed by atoms with Gasteiger partial charge in [0.25, 0.3) is 0 Å². The minimum Gasteiger partial charge on any atom is -0.297 e. The number of aromatic nitrogens is 3. The van der Waals surface area contributed by atoms with E-state index in [4.69, 9.17) is 0 Å². The van der Waals surface area contributed by atoms with Crippen molar-refractivity contribution >= 4 is 16.7 Å². The zero-order valence-corrected chi connectivity index (χ0v) is 19.5. The molecule has 32 heavy (non-hydrogen) atoms. The van der Waals surface area contributed by atoms with Gasteiger partial charge in [-0.2, -0.15) is 5.10 Å². The molecule has 172 valence electrons. The molecular formula is C27H36FN3O. The molecule has 0 aromatic carbocycles. The molecule has 0 aliphatic heterocycles. The normalized spacial score (nSPS) is 43.5. The van der Waals surface area contributed by atoms with Gasteiger partial charge in [0.1, 0.15) is 5.67 Å². The highest BCUT2D eigenvalue weighted by Gasteiger charge is 2.62. The Balaban J connectivity index is 1.21. The molecule has 5 heteroatoms. The van der Waals surface area contributed by atoms with Crippen LogP contribution in [0.2, 0.25) is 0 Å². The van der Waals surface area contributed by atoms with Gasteiger partial charge in [0.05, 0.1) is 12.1 Å².